The fraction of sp³-hybridized carbons (Fsp3) is 0.414. The van der Waals surface area contributed by atoms with Crippen LogP contribution in [0.2, 0.25) is 0 Å². The minimum Gasteiger partial charge on any atom is -0.462 e. The molecular formula is C29H31N3O3S. The van der Waals surface area contributed by atoms with Crippen molar-refractivity contribution in [1.82, 2.24) is 0 Å². The summed E-state index contributed by atoms with van der Waals surface area (Å²) in [5, 5.41) is 11.0. The first-order valence-corrected chi connectivity index (χ1v) is 13.4. The van der Waals surface area contributed by atoms with Gasteiger partial charge >= 0.3 is 5.97 Å². The van der Waals surface area contributed by atoms with E-state index in [4.69, 9.17) is 10.5 Å². The Morgan fingerprint density at radius 1 is 1.22 bits per heavy atom. The molecule has 7 heteroatoms. The summed E-state index contributed by atoms with van der Waals surface area (Å²) in [6, 6.07) is 12.0. The molecule has 1 aromatic heterocycles. The van der Waals surface area contributed by atoms with Gasteiger partial charge in [-0.2, -0.15) is 5.26 Å². The van der Waals surface area contributed by atoms with Crippen LogP contribution in [0, 0.1) is 16.7 Å². The zero-order valence-corrected chi connectivity index (χ0v) is 21.8. The van der Waals surface area contributed by atoms with Crippen molar-refractivity contribution in [3.63, 3.8) is 0 Å². The molecule has 3 aliphatic rings. The van der Waals surface area contributed by atoms with E-state index in [0.29, 0.717) is 40.4 Å². The van der Waals surface area contributed by atoms with Gasteiger partial charge < -0.3 is 10.5 Å². The third kappa shape index (κ3) is 3.94. The average Bonchev–Trinajstić information content (AvgIpc) is 3.22. The van der Waals surface area contributed by atoms with Crippen LogP contribution < -0.4 is 10.6 Å². The number of nitriles is 1. The second kappa shape index (κ2) is 9.25. The molecule has 36 heavy (non-hydrogen) atoms. The lowest BCUT2D eigenvalue weighted by Gasteiger charge is -2.43. The number of thiophene rings is 1. The summed E-state index contributed by atoms with van der Waals surface area (Å²) in [6.45, 7) is 6.23. The number of hydrogen-bond donors (Lipinski definition) is 1. The molecule has 5 rings (SSSR count). The van der Waals surface area contributed by atoms with Gasteiger partial charge in [0.15, 0.2) is 5.78 Å². The van der Waals surface area contributed by atoms with Crippen LogP contribution in [-0.2, 0) is 22.4 Å². The van der Waals surface area contributed by atoms with Gasteiger partial charge in [-0.3, -0.25) is 9.69 Å². The fourth-order valence-corrected chi connectivity index (χ4v) is 7.26. The monoisotopic (exact) mass is 501 g/mol. The van der Waals surface area contributed by atoms with E-state index in [1.54, 1.807) is 18.3 Å². The number of carbonyl (C=O) groups is 2. The standard InChI is InChI=1S/C29H31N3O3S/c1-4-35-28(34)24-18-12-8-9-13-22(18)36-27(24)32-20-14-29(2,3)15-21(33)25(20)23(19(16-30)26(32)31)17-10-6-5-7-11-17/h5-7,10-11,23H,4,8-9,12-15,31H2,1-3H3/t23-/m0/s1. The Labute approximate surface area is 216 Å². The summed E-state index contributed by atoms with van der Waals surface area (Å²) < 4.78 is 5.50. The SMILES string of the molecule is CCOC(=O)c1c(N2C(N)=C(C#N)[C@H](c3ccccc3)C3=C2CC(C)(C)CC3=O)sc2c1CCCC2. The molecule has 0 saturated heterocycles. The van der Waals surface area contributed by atoms with Gasteiger partial charge in [0.05, 0.1) is 29.7 Å². The Morgan fingerprint density at radius 3 is 2.64 bits per heavy atom. The molecule has 2 heterocycles. The van der Waals surface area contributed by atoms with E-state index >= 15 is 0 Å². The van der Waals surface area contributed by atoms with Crippen molar-refractivity contribution in [2.45, 2.75) is 65.2 Å². The molecule has 1 aromatic carbocycles. The van der Waals surface area contributed by atoms with Crippen LogP contribution >= 0.6 is 11.3 Å². The molecule has 2 aromatic rings. The van der Waals surface area contributed by atoms with E-state index in [-0.39, 0.29) is 23.8 Å². The highest BCUT2D eigenvalue weighted by atomic mass is 32.1. The lowest BCUT2D eigenvalue weighted by Crippen LogP contribution is -2.42. The van der Waals surface area contributed by atoms with Gasteiger partial charge in [-0.1, -0.05) is 44.2 Å². The molecule has 6 nitrogen and oxygen atoms in total. The Hall–Kier alpha value is -3.37. The summed E-state index contributed by atoms with van der Waals surface area (Å²) in [5.41, 5.74) is 10.7. The number of hydrogen-bond acceptors (Lipinski definition) is 7. The van der Waals surface area contributed by atoms with E-state index in [9.17, 15) is 14.9 Å². The van der Waals surface area contributed by atoms with Crippen LogP contribution in [-0.4, -0.2) is 18.4 Å². The lowest BCUT2D eigenvalue weighted by atomic mass is 9.68. The fourth-order valence-electron chi connectivity index (χ4n) is 5.84. The van der Waals surface area contributed by atoms with Gasteiger partial charge in [-0.15, -0.1) is 11.3 Å². The van der Waals surface area contributed by atoms with Gasteiger partial charge in [-0.25, -0.2) is 4.79 Å². The van der Waals surface area contributed by atoms with Crippen LogP contribution in [0.5, 0.6) is 0 Å². The normalized spacial score (nSPS) is 21.1. The van der Waals surface area contributed by atoms with Gasteiger partial charge in [0.2, 0.25) is 0 Å². The maximum atomic E-state index is 13.7. The van der Waals surface area contributed by atoms with Crippen molar-refractivity contribution in [1.29, 1.82) is 5.26 Å². The number of rotatable bonds is 4. The highest BCUT2D eigenvalue weighted by Crippen LogP contribution is 2.53. The summed E-state index contributed by atoms with van der Waals surface area (Å²) in [5.74, 6) is -0.572. The molecule has 0 spiro atoms. The highest BCUT2D eigenvalue weighted by Gasteiger charge is 2.46. The molecule has 1 atom stereocenters. The number of Topliss-reactive ketones (excluding diaryl/α,β-unsaturated/α-hetero) is 1. The predicted octanol–water partition coefficient (Wildman–Crippen LogP) is 5.74. The zero-order chi connectivity index (χ0) is 25.6. The van der Waals surface area contributed by atoms with Crippen molar-refractivity contribution < 1.29 is 14.3 Å². The molecule has 0 radical (unpaired) electrons. The second-order valence-corrected chi connectivity index (χ2v) is 11.6. The zero-order valence-electron chi connectivity index (χ0n) is 21.0. The Bertz CT molecular complexity index is 1340. The number of aryl methyl sites for hydroxylation is 1. The number of nitrogens with zero attached hydrogens (tertiary/aromatic N) is 2. The first-order chi connectivity index (χ1) is 17.3. The van der Waals surface area contributed by atoms with E-state index < -0.39 is 5.92 Å². The number of allylic oxidation sites excluding steroid dienone is 3. The first-order valence-electron chi connectivity index (χ1n) is 12.6. The number of nitrogens with two attached hydrogens (primary N) is 1. The smallest absolute Gasteiger partial charge is 0.341 e. The summed E-state index contributed by atoms with van der Waals surface area (Å²) in [7, 11) is 0. The number of anilines is 1. The summed E-state index contributed by atoms with van der Waals surface area (Å²) in [6.07, 6.45) is 4.80. The maximum Gasteiger partial charge on any atom is 0.341 e. The number of esters is 1. The van der Waals surface area contributed by atoms with Crippen molar-refractivity contribution in [3.05, 3.63) is 74.6 Å². The van der Waals surface area contributed by atoms with Gasteiger partial charge in [-0.05, 0) is 55.6 Å². The number of fused-ring (bicyclic) bond motifs is 1. The Morgan fingerprint density at radius 2 is 1.94 bits per heavy atom. The predicted molar refractivity (Wildman–Crippen MR) is 140 cm³/mol. The lowest BCUT2D eigenvalue weighted by molar-refractivity contribution is -0.118. The van der Waals surface area contributed by atoms with Crippen LogP contribution in [0.4, 0.5) is 5.00 Å². The van der Waals surface area contributed by atoms with Crippen molar-refractivity contribution in [2.24, 2.45) is 11.1 Å². The maximum absolute atomic E-state index is 13.7. The largest absolute Gasteiger partial charge is 0.462 e. The Balaban J connectivity index is 1.79. The number of ether oxygens (including phenoxy) is 1. The minimum atomic E-state index is -0.522. The van der Waals surface area contributed by atoms with E-state index in [0.717, 1.165) is 42.5 Å². The van der Waals surface area contributed by atoms with E-state index in [1.165, 1.54) is 4.88 Å². The van der Waals surface area contributed by atoms with Crippen LogP contribution in [0.3, 0.4) is 0 Å². The third-order valence-electron chi connectivity index (χ3n) is 7.35. The quantitative estimate of drug-likeness (QED) is 0.536. The second-order valence-electron chi connectivity index (χ2n) is 10.5. The molecule has 0 saturated carbocycles. The highest BCUT2D eigenvalue weighted by molar-refractivity contribution is 7.16. The molecule has 0 unspecified atom stereocenters. The summed E-state index contributed by atoms with van der Waals surface area (Å²) in [4.78, 5) is 30.0. The van der Waals surface area contributed by atoms with Crippen LogP contribution in [0.15, 0.2) is 53.0 Å². The number of benzene rings is 1. The molecule has 1 aliphatic heterocycles. The van der Waals surface area contributed by atoms with Gasteiger partial charge in [0.1, 0.15) is 10.8 Å². The molecule has 2 N–H and O–H groups in total. The molecule has 0 amide bonds. The van der Waals surface area contributed by atoms with E-state index in [1.807, 2.05) is 35.2 Å². The van der Waals surface area contributed by atoms with Crippen LogP contribution in [0.25, 0.3) is 0 Å². The molecule has 0 fully saturated rings. The van der Waals surface area contributed by atoms with Crippen molar-refractivity contribution >= 4 is 28.1 Å². The van der Waals surface area contributed by atoms with E-state index in [2.05, 4.69) is 19.9 Å². The Kier molecular flexibility index (Phi) is 6.25. The topological polar surface area (TPSA) is 96.4 Å². The first kappa shape index (κ1) is 24.3. The third-order valence-corrected chi connectivity index (χ3v) is 8.63. The average molecular weight is 502 g/mol. The summed E-state index contributed by atoms with van der Waals surface area (Å²) >= 11 is 1.55. The molecule has 0 bridgehead atoms. The molecule has 2 aliphatic carbocycles. The van der Waals surface area contributed by atoms with Gasteiger partial charge in [0, 0.05) is 22.6 Å². The van der Waals surface area contributed by atoms with Crippen molar-refractivity contribution in [3.8, 4) is 6.07 Å². The minimum absolute atomic E-state index is 0.0272. The number of ketones is 1. The molecule has 186 valence electrons. The van der Waals surface area contributed by atoms with Gasteiger partial charge in [0.25, 0.3) is 0 Å². The van der Waals surface area contributed by atoms with Crippen LogP contribution in [0.1, 0.15) is 78.7 Å². The molecular weight excluding hydrogens is 470 g/mol. The van der Waals surface area contributed by atoms with Crippen molar-refractivity contribution in [2.75, 3.05) is 11.5 Å². The number of carbonyl (C=O) groups excluding carboxylic acids is 2.